The van der Waals surface area contributed by atoms with E-state index in [9.17, 15) is 4.79 Å². The van der Waals surface area contributed by atoms with Crippen LogP contribution in [0.3, 0.4) is 0 Å². The van der Waals surface area contributed by atoms with Crippen LogP contribution >= 0.6 is 0 Å². The zero-order valence-corrected chi connectivity index (χ0v) is 17.5. The highest BCUT2D eigenvalue weighted by molar-refractivity contribution is 6.00. The second kappa shape index (κ2) is 8.31. The number of hydrogen-bond donors (Lipinski definition) is 2. The Balaban J connectivity index is 1.68. The van der Waals surface area contributed by atoms with Gasteiger partial charge in [-0.1, -0.05) is 12.1 Å². The van der Waals surface area contributed by atoms with Crippen LogP contribution in [0.15, 0.2) is 70.6 Å². The Labute approximate surface area is 179 Å². The Morgan fingerprint density at radius 3 is 2.35 bits per heavy atom. The number of nitrogens with two attached hydrogens (primary N) is 1. The third-order valence-electron chi connectivity index (χ3n) is 5.07. The molecule has 156 valence electrons. The Morgan fingerprint density at radius 2 is 1.71 bits per heavy atom. The van der Waals surface area contributed by atoms with Crippen LogP contribution in [0.25, 0.3) is 22.0 Å². The minimum atomic E-state index is -0.0715. The van der Waals surface area contributed by atoms with E-state index in [1.807, 2.05) is 42.5 Å². The molecule has 2 heterocycles. The average Bonchev–Trinajstić information content (AvgIpc) is 2.81. The molecule has 3 N–H and O–H groups in total. The fourth-order valence-electron chi connectivity index (χ4n) is 3.37. The molecular formula is C24H22N4O3. The van der Waals surface area contributed by atoms with E-state index in [0.717, 1.165) is 11.1 Å². The van der Waals surface area contributed by atoms with Gasteiger partial charge in [0.1, 0.15) is 17.3 Å². The van der Waals surface area contributed by atoms with Crippen molar-refractivity contribution in [2.45, 2.75) is 6.92 Å². The van der Waals surface area contributed by atoms with Crippen LogP contribution < -0.4 is 20.6 Å². The molecule has 0 bridgehead atoms. The Morgan fingerprint density at radius 1 is 1.00 bits per heavy atom. The van der Waals surface area contributed by atoms with Crippen molar-refractivity contribution in [1.82, 2.24) is 9.97 Å². The number of pyridine rings is 2. The summed E-state index contributed by atoms with van der Waals surface area (Å²) in [5.41, 5.74) is 9.65. The monoisotopic (exact) mass is 414 g/mol. The molecule has 2 aromatic heterocycles. The van der Waals surface area contributed by atoms with Crippen molar-refractivity contribution in [3.8, 4) is 22.6 Å². The van der Waals surface area contributed by atoms with Gasteiger partial charge in [0.15, 0.2) is 11.2 Å². The van der Waals surface area contributed by atoms with Crippen LogP contribution in [0, 0.1) is 6.92 Å². The van der Waals surface area contributed by atoms with Crippen LogP contribution in [0.2, 0.25) is 0 Å². The van der Waals surface area contributed by atoms with E-state index in [0.29, 0.717) is 39.5 Å². The molecule has 2 aromatic carbocycles. The molecule has 0 aliphatic carbocycles. The van der Waals surface area contributed by atoms with Crippen molar-refractivity contribution >= 4 is 22.6 Å². The Bertz CT molecular complexity index is 1320. The lowest BCUT2D eigenvalue weighted by Crippen LogP contribution is -2.21. The summed E-state index contributed by atoms with van der Waals surface area (Å²) in [6.45, 7) is 1.73. The standard InChI is InChI=1S/C24H22N4O3/c1-14-22(27-20-7-5-4-6-19(20)23(14)29)24(25)28-21-9-8-15(13-26-21)16-10-17(30-2)12-18(11-16)31-3/h4-13H,1-3H3,(H,27,29)(H2,25,26,28). The largest absolute Gasteiger partial charge is 0.497 e. The number of aromatic amines is 1. The predicted octanol–water partition coefficient (Wildman–Crippen LogP) is 3.95. The maximum absolute atomic E-state index is 12.6. The van der Waals surface area contributed by atoms with E-state index in [2.05, 4.69) is 15.0 Å². The zero-order chi connectivity index (χ0) is 22.0. The highest BCUT2D eigenvalue weighted by Gasteiger charge is 2.11. The molecule has 0 saturated heterocycles. The summed E-state index contributed by atoms with van der Waals surface area (Å²) in [6, 6.07) is 16.6. The highest BCUT2D eigenvalue weighted by atomic mass is 16.5. The molecule has 4 aromatic rings. The molecule has 0 amide bonds. The quantitative estimate of drug-likeness (QED) is 0.380. The first kappa shape index (κ1) is 20.2. The number of hydrogen-bond acceptors (Lipinski definition) is 5. The molecule has 0 aliphatic heterocycles. The third-order valence-corrected chi connectivity index (χ3v) is 5.07. The van der Waals surface area contributed by atoms with Gasteiger partial charge < -0.3 is 20.2 Å². The molecule has 7 nitrogen and oxygen atoms in total. The maximum atomic E-state index is 12.6. The minimum absolute atomic E-state index is 0.0715. The molecule has 0 spiro atoms. The van der Waals surface area contributed by atoms with E-state index in [4.69, 9.17) is 15.2 Å². The lowest BCUT2D eigenvalue weighted by molar-refractivity contribution is 0.394. The number of aromatic nitrogens is 2. The number of benzene rings is 2. The summed E-state index contributed by atoms with van der Waals surface area (Å²) >= 11 is 0. The van der Waals surface area contributed by atoms with Crippen molar-refractivity contribution < 1.29 is 9.47 Å². The van der Waals surface area contributed by atoms with Gasteiger partial charge in [0, 0.05) is 34.3 Å². The van der Waals surface area contributed by atoms with Crippen LogP contribution in [0.1, 0.15) is 11.3 Å². The van der Waals surface area contributed by atoms with Crippen molar-refractivity contribution in [3.63, 3.8) is 0 Å². The average molecular weight is 414 g/mol. The van der Waals surface area contributed by atoms with Gasteiger partial charge in [-0.2, -0.15) is 0 Å². The fraction of sp³-hybridized carbons (Fsp3) is 0.125. The van der Waals surface area contributed by atoms with Crippen LogP contribution in [0.4, 0.5) is 5.82 Å². The van der Waals surface area contributed by atoms with Gasteiger partial charge in [-0.15, -0.1) is 0 Å². The van der Waals surface area contributed by atoms with E-state index in [1.54, 1.807) is 39.5 Å². The number of nitrogens with one attached hydrogen (secondary N) is 1. The second-order valence-electron chi connectivity index (χ2n) is 7.00. The number of H-pyrrole nitrogens is 1. The Kier molecular flexibility index (Phi) is 5.41. The molecule has 4 rings (SSSR count). The normalized spacial score (nSPS) is 11.5. The van der Waals surface area contributed by atoms with Crippen molar-refractivity contribution in [3.05, 3.63) is 82.3 Å². The number of rotatable bonds is 5. The van der Waals surface area contributed by atoms with Gasteiger partial charge in [0.2, 0.25) is 0 Å². The van der Waals surface area contributed by atoms with Crippen molar-refractivity contribution in [2.24, 2.45) is 10.7 Å². The predicted molar refractivity (Wildman–Crippen MR) is 122 cm³/mol. The number of amidine groups is 1. The molecule has 0 fully saturated rings. The first-order chi connectivity index (χ1) is 15.0. The minimum Gasteiger partial charge on any atom is -0.497 e. The van der Waals surface area contributed by atoms with Gasteiger partial charge >= 0.3 is 0 Å². The van der Waals surface area contributed by atoms with E-state index in [1.165, 1.54) is 0 Å². The number of nitrogens with zero attached hydrogens (tertiary/aromatic N) is 2. The van der Waals surface area contributed by atoms with E-state index >= 15 is 0 Å². The number of aliphatic imine (C=N–C) groups is 1. The van der Waals surface area contributed by atoms with Crippen LogP contribution in [-0.4, -0.2) is 30.0 Å². The molecule has 0 aliphatic rings. The summed E-state index contributed by atoms with van der Waals surface area (Å²) in [5, 5.41) is 0.618. The lowest BCUT2D eigenvalue weighted by atomic mass is 10.1. The summed E-state index contributed by atoms with van der Waals surface area (Å²) in [7, 11) is 3.22. The topological polar surface area (TPSA) is 103 Å². The van der Waals surface area contributed by atoms with Gasteiger partial charge in [-0.25, -0.2) is 9.98 Å². The summed E-state index contributed by atoms with van der Waals surface area (Å²) in [5.74, 6) is 2.01. The number of ether oxygens (including phenoxy) is 2. The molecule has 0 atom stereocenters. The molecule has 0 unspecified atom stereocenters. The smallest absolute Gasteiger partial charge is 0.193 e. The highest BCUT2D eigenvalue weighted by Crippen LogP contribution is 2.30. The van der Waals surface area contributed by atoms with Gasteiger partial charge in [0.05, 0.1) is 19.9 Å². The van der Waals surface area contributed by atoms with E-state index < -0.39 is 0 Å². The van der Waals surface area contributed by atoms with E-state index in [-0.39, 0.29) is 11.3 Å². The summed E-state index contributed by atoms with van der Waals surface area (Å²) in [6.07, 6.45) is 1.70. The molecule has 7 heteroatoms. The number of para-hydroxylation sites is 1. The van der Waals surface area contributed by atoms with Crippen LogP contribution in [-0.2, 0) is 0 Å². The van der Waals surface area contributed by atoms with Crippen molar-refractivity contribution in [2.75, 3.05) is 14.2 Å². The Hall–Kier alpha value is -4.13. The first-order valence-corrected chi connectivity index (χ1v) is 9.66. The van der Waals surface area contributed by atoms with Gasteiger partial charge in [-0.3, -0.25) is 4.79 Å². The third kappa shape index (κ3) is 3.98. The van der Waals surface area contributed by atoms with Gasteiger partial charge in [-0.05, 0) is 48.9 Å². The zero-order valence-electron chi connectivity index (χ0n) is 17.5. The molecule has 31 heavy (non-hydrogen) atoms. The first-order valence-electron chi connectivity index (χ1n) is 9.66. The fourth-order valence-corrected chi connectivity index (χ4v) is 3.37. The maximum Gasteiger partial charge on any atom is 0.193 e. The number of methoxy groups -OCH3 is 2. The second-order valence-corrected chi connectivity index (χ2v) is 7.00. The molecular weight excluding hydrogens is 392 g/mol. The summed E-state index contributed by atoms with van der Waals surface area (Å²) < 4.78 is 10.7. The molecule has 0 saturated carbocycles. The lowest BCUT2D eigenvalue weighted by Gasteiger charge is -2.09. The summed E-state index contributed by atoms with van der Waals surface area (Å²) in [4.78, 5) is 24.7. The van der Waals surface area contributed by atoms with Gasteiger partial charge in [0.25, 0.3) is 0 Å². The van der Waals surface area contributed by atoms with Crippen molar-refractivity contribution in [1.29, 1.82) is 0 Å². The van der Waals surface area contributed by atoms with Crippen LogP contribution in [0.5, 0.6) is 11.5 Å². The SMILES string of the molecule is COc1cc(OC)cc(-c2ccc(N=C(N)c3[nH]c4ccccc4c(=O)c3C)nc2)c1. The number of fused-ring (bicyclic) bond motifs is 1. The molecule has 0 radical (unpaired) electrons.